The Morgan fingerprint density at radius 2 is 2.17 bits per heavy atom. The number of furan rings is 1. The molecule has 1 aromatic carbocycles. The van der Waals surface area contributed by atoms with Crippen LogP contribution in [0.15, 0.2) is 41.2 Å². The van der Waals surface area contributed by atoms with Crippen LogP contribution in [-0.2, 0) is 0 Å². The number of hydrogen-bond donors (Lipinski definition) is 1. The zero-order valence-corrected chi connectivity index (χ0v) is 10.5. The average Bonchev–Trinajstić information content (AvgIpc) is 2.94. The second kappa shape index (κ2) is 4.27. The molecule has 0 aliphatic heterocycles. The van der Waals surface area contributed by atoms with Gasteiger partial charge in [0, 0.05) is 0 Å². The summed E-state index contributed by atoms with van der Waals surface area (Å²) in [4.78, 5) is 16.3. The molecule has 3 aromatic rings. The zero-order chi connectivity index (χ0) is 12.5. The number of para-hydroxylation sites is 1. The molecule has 0 aliphatic rings. The number of carbonyl (C=O) groups is 1. The Labute approximate surface area is 107 Å². The van der Waals surface area contributed by atoms with E-state index in [1.54, 1.807) is 6.26 Å². The number of carbonyl (C=O) groups excluding carboxylic acids is 1. The Morgan fingerprint density at radius 3 is 2.89 bits per heavy atom. The Bertz CT molecular complexity index is 681. The smallest absolute Gasteiger partial charge is 0.260 e. The van der Waals surface area contributed by atoms with Crippen molar-refractivity contribution in [3.8, 4) is 0 Å². The molecule has 1 amide bonds. The van der Waals surface area contributed by atoms with Crippen LogP contribution in [0.5, 0.6) is 0 Å². The Hall–Kier alpha value is -2.14. The van der Waals surface area contributed by atoms with Crippen molar-refractivity contribution in [2.75, 3.05) is 5.32 Å². The van der Waals surface area contributed by atoms with Gasteiger partial charge in [0.15, 0.2) is 5.13 Å². The molecule has 0 aliphatic carbocycles. The highest BCUT2D eigenvalue weighted by atomic mass is 32.1. The minimum atomic E-state index is -0.194. The van der Waals surface area contributed by atoms with Crippen LogP contribution in [0.4, 0.5) is 5.13 Å². The molecule has 0 spiro atoms. The summed E-state index contributed by atoms with van der Waals surface area (Å²) in [6.07, 6.45) is 2.99. The lowest BCUT2D eigenvalue weighted by Crippen LogP contribution is -2.11. The third kappa shape index (κ3) is 1.89. The van der Waals surface area contributed by atoms with Crippen LogP contribution in [0.2, 0.25) is 0 Å². The minimum absolute atomic E-state index is 0.194. The summed E-state index contributed by atoms with van der Waals surface area (Å²) in [7, 11) is 0. The summed E-state index contributed by atoms with van der Waals surface area (Å²) >= 11 is 1.46. The molecule has 0 saturated carbocycles. The van der Waals surface area contributed by atoms with Crippen LogP contribution in [0, 0.1) is 6.92 Å². The van der Waals surface area contributed by atoms with Crippen molar-refractivity contribution in [1.82, 2.24) is 4.98 Å². The maximum atomic E-state index is 12.0. The maximum Gasteiger partial charge on any atom is 0.260 e. The SMILES string of the molecule is Cc1cocc1C(=O)Nc1nc2ccccc2s1. The molecule has 0 unspecified atom stereocenters. The van der Waals surface area contributed by atoms with Crippen molar-refractivity contribution in [2.24, 2.45) is 0 Å². The van der Waals surface area contributed by atoms with E-state index in [-0.39, 0.29) is 5.91 Å². The largest absolute Gasteiger partial charge is 0.471 e. The van der Waals surface area contributed by atoms with E-state index in [4.69, 9.17) is 4.42 Å². The lowest BCUT2D eigenvalue weighted by molar-refractivity contribution is 0.102. The molecular weight excluding hydrogens is 248 g/mol. The Kier molecular flexibility index (Phi) is 2.60. The Morgan fingerprint density at radius 1 is 1.33 bits per heavy atom. The number of aryl methyl sites for hydroxylation is 1. The number of amides is 1. The molecule has 1 N–H and O–H groups in total. The van der Waals surface area contributed by atoms with Gasteiger partial charge in [-0.2, -0.15) is 0 Å². The average molecular weight is 258 g/mol. The third-order valence-corrected chi connectivity index (χ3v) is 3.57. The quantitative estimate of drug-likeness (QED) is 0.766. The van der Waals surface area contributed by atoms with E-state index in [9.17, 15) is 4.79 Å². The van der Waals surface area contributed by atoms with Gasteiger partial charge >= 0.3 is 0 Å². The molecule has 18 heavy (non-hydrogen) atoms. The molecule has 90 valence electrons. The highest BCUT2D eigenvalue weighted by Crippen LogP contribution is 2.26. The first-order valence-electron chi connectivity index (χ1n) is 5.44. The van der Waals surface area contributed by atoms with E-state index in [2.05, 4.69) is 10.3 Å². The minimum Gasteiger partial charge on any atom is -0.471 e. The maximum absolute atomic E-state index is 12.0. The monoisotopic (exact) mass is 258 g/mol. The third-order valence-electron chi connectivity index (χ3n) is 2.61. The summed E-state index contributed by atoms with van der Waals surface area (Å²) < 4.78 is 6.04. The van der Waals surface area contributed by atoms with E-state index in [0.717, 1.165) is 15.8 Å². The fourth-order valence-electron chi connectivity index (χ4n) is 1.68. The van der Waals surface area contributed by atoms with E-state index in [0.29, 0.717) is 10.7 Å². The molecule has 3 rings (SSSR count). The number of aromatic nitrogens is 1. The number of nitrogens with one attached hydrogen (secondary N) is 1. The number of hydrogen-bond acceptors (Lipinski definition) is 4. The first-order valence-corrected chi connectivity index (χ1v) is 6.25. The Balaban J connectivity index is 1.88. The number of fused-ring (bicyclic) bond motifs is 1. The van der Waals surface area contributed by atoms with Crippen molar-refractivity contribution < 1.29 is 9.21 Å². The highest BCUT2D eigenvalue weighted by Gasteiger charge is 2.13. The standard InChI is InChI=1S/C13H10N2O2S/c1-8-6-17-7-9(8)12(16)15-13-14-10-4-2-3-5-11(10)18-13/h2-7H,1H3,(H,14,15,16). The number of thiazole rings is 1. The number of rotatable bonds is 2. The molecule has 0 atom stereocenters. The van der Waals surface area contributed by atoms with Crippen LogP contribution >= 0.6 is 11.3 Å². The summed E-state index contributed by atoms with van der Waals surface area (Å²) in [6.45, 7) is 1.83. The van der Waals surface area contributed by atoms with Gasteiger partial charge < -0.3 is 4.42 Å². The zero-order valence-electron chi connectivity index (χ0n) is 9.64. The number of anilines is 1. The predicted octanol–water partition coefficient (Wildman–Crippen LogP) is 3.45. The summed E-state index contributed by atoms with van der Waals surface area (Å²) in [5.41, 5.74) is 2.24. The van der Waals surface area contributed by atoms with Gasteiger partial charge in [-0.3, -0.25) is 10.1 Å². The van der Waals surface area contributed by atoms with Gasteiger partial charge in [-0.05, 0) is 24.6 Å². The normalized spacial score (nSPS) is 10.7. The molecule has 5 heteroatoms. The van der Waals surface area contributed by atoms with Crippen LogP contribution < -0.4 is 5.32 Å². The summed E-state index contributed by atoms with van der Waals surface area (Å²) in [5.74, 6) is -0.194. The molecule has 2 aromatic heterocycles. The molecular formula is C13H10N2O2S. The van der Waals surface area contributed by atoms with E-state index in [1.807, 2.05) is 31.2 Å². The van der Waals surface area contributed by atoms with Gasteiger partial charge in [-0.25, -0.2) is 4.98 Å². The fraction of sp³-hybridized carbons (Fsp3) is 0.0769. The van der Waals surface area contributed by atoms with Crippen molar-refractivity contribution >= 4 is 32.6 Å². The van der Waals surface area contributed by atoms with Crippen LogP contribution in [0.1, 0.15) is 15.9 Å². The topological polar surface area (TPSA) is 55.1 Å². The van der Waals surface area contributed by atoms with Crippen LogP contribution in [-0.4, -0.2) is 10.9 Å². The van der Waals surface area contributed by atoms with E-state index >= 15 is 0 Å². The number of nitrogens with zero attached hydrogens (tertiary/aromatic N) is 1. The van der Waals surface area contributed by atoms with Crippen molar-refractivity contribution in [1.29, 1.82) is 0 Å². The van der Waals surface area contributed by atoms with Crippen LogP contribution in [0.3, 0.4) is 0 Å². The molecule has 0 fully saturated rings. The van der Waals surface area contributed by atoms with Crippen molar-refractivity contribution in [2.45, 2.75) is 6.92 Å². The van der Waals surface area contributed by atoms with Crippen molar-refractivity contribution in [3.63, 3.8) is 0 Å². The second-order valence-corrected chi connectivity index (χ2v) is 4.94. The molecule has 0 radical (unpaired) electrons. The van der Waals surface area contributed by atoms with Gasteiger partial charge in [-0.15, -0.1) is 0 Å². The molecule has 2 heterocycles. The van der Waals surface area contributed by atoms with Gasteiger partial charge in [-0.1, -0.05) is 23.5 Å². The van der Waals surface area contributed by atoms with Crippen LogP contribution in [0.25, 0.3) is 10.2 Å². The number of benzene rings is 1. The van der Waals surface area contributed by atoms with Gasteiger partial charge in [0.1, 0.15) is 6.26 Å². The fourth-order valence-corrected chi connectivity index (χ4v) is 2.54. The molecule has 4 nitrogen and oxygen atoms in total. The lowest BCUT2D eigenvalue weighted by Gasteiger charge is -1.98. The second-order valence-electron chi connectivity index (χ2n) is 3.91. The van der Waals surface area contributed by atoms with Gasteiger partial charge in [0.25, 0.3) is 5.91 Å². The lowest BCUT2D eigenvalue weighted by atomic mass is 10.2. The van der Waals surface area contributed by atoms with Gasteiger partial charge in [0.2, 0.25) is 0 Å². The predicted molar refractivity (Wildman–Crippen MR) is 71.0 cm³/mol. The van der Waals surface area contributed by atoms with E-state index < -0.39 is 0 Å². The molecule has 0 saturated heterocycles. The molecule has 0 bridgehead atoms. The summed E-state index contributed by atoms with van der Waals surface area (Å²) in [6, 6.07) is 7.77. The highest BCUT2D eigenvalue weighted by molar-refractivity contribution is 7.22. The van der Waals surface area contributed by atoms with Crippen molar-refractivity contribution in [3.05, 3.63) is 47.9 Å². The summed E-state index contributed by atoms with van der Waals surface area (Å²) in [5, 5.41) is 3.38. The van der Waals surface area contributed by atoms with Gasteiger partial charge in [0.05, 0.1) is 22.0 Å². The first kappa shape index (κ1) is 11.0. The van der Waals surface area contributed by atoms with E-state index in [1.165, 1.54) is 17.6 Å². The first-order chi connectivity index (χ1) is 8.74.